The van der Waals surface area contributed by atoms with E-state index in [1.807, 2.05) is 13.8 Å². The first-order chi connectivity index (χ1) is 19.8. The maximum atomic E-state index is 13.6. The highest BCUT2D eigenvalue weighted by molar-refractivity contribution is 7.89. The lowest BCUT2D eigenvalue weighted by molar-refractivity contribution is 0.109. The van der Waals surface area contributed by atoms with E-state index in [9.17, 15) is 18.0 Å². The Labute approximate surface area is 252 Å². The molecule has 0 radical (unpaired) electrons. The number of ether oxygens (including phenoxy) is 2. The van der Waals surface area contributed by atoms with Crippen LogP contribution in [-0.2, 0) is 19.5 Å². The number of thiazole rings is 1. The first-order valence-corrected chi connectivity index (χ1v) is 16.9. The number of sulfonamides is 1. The number of amides is 2. The molecule has 0 unspecified atom stereocenters. The molecule has 1 aliphatic heterocycles. The molecule has 2 aromatic rings. The molecule has 232 valence electrons. The summed E-state index contributed by atoms with van der Waals surface area (Å²) in [7, 11) is -3.95. The van der Waals surface area contributed by atoms with Crippen molar-refractivity contribution in [3.63, 3.8) is 0 Å². The summed E-state index contributed by atoms with van der Waals surface area (Å²) < 4.78 is 40.4. The third kappa shape index (κ3) is 9.13. The van der Waals surface area contributed by atoms with Gasteiger partial charge in [0, 0.05) is 41.0 Å². The Bertz CT molecular complexity index is 1340. The normalized spacial score (nSPS) is 21.2. The molecule has 1 aliphatic carbocycles. The summed E-state index contributed by atoms with van der Waals surface area (Å²) in [5, 5.41) is 9.83. The van der Waals surface area contributed by atoms with Crippen LogP contribution in [0.2, 0.25) is 0 Å². The Morgan fingerprint density at radius 2 is 1.86 bits per heavy atom. The molecule has 42 heavy (non-hydrogen) atoms. The van der Waals surface area contributed by atoms with Gasteiger partial charge in [-0.25, -0.2) is 27.7 Å². The van der Waals surface area contributed by atoms with Gasteiger partial charge in [0.05, 0.1) is 20.9 Å². The van der Waals surface area contributed by atoms with Gasteiger partial charge in [-0.2, -0.15) is 0 Å². The van der Waals surface area contributed by atoms with E-state index in [1.165, 1.54) is 17.4 Å². The predicted octanol–water partition coefficient (Wildman–Crippen LogP) is 5.35. The Balaban J connectivity index is 1.49. The van der Waals surface area contributed by atoms with Crippen LogP contribution in [0.5, 0.6) is 0 Å². The van der Waals surface area contributed by atoms with Crippen molar-refractivity contribution in [1.82, 2.24) is 20.3 Å². The number of carbonyl (C=O) groups is 2. The summed E-state index contributed by atoms with van der Waals surface area (Å²) in [6, 6.07) is 5.04. The molecule has 2 amide bonds. The van der Waals surface area contributed by atoms with Gasteiger partial charge in [0.1, 0.15) is 6.61 Å². The van der Waals surface area contributed by atoms with Crippen LogP contribution in [0.1, 0.15) is 84.1 Å². The van der Waals surface area contributed by atoms with Crippen molar-refractivity contribution in [3.8, 4) is 10.4 Å². The summed E-state index contributed by atoms with van der Waals surface area (Å²) in [5.74, 6) is 0.223. The fraction of sp³-hybridized carbons (Fsp3) is 0.621. The predicted molar refractivity (Wildman–Crippen MR) is 163 cm³/mol. The lowest BCUT2D eigenvalue weighted by Gasteiger charge is -2.28. The number of benzene rings is 1. The summed E-state index contributed by atoms with van der Waals surface area (Å²) in [6.45, 7) is 10.1. The lowest BCUT2D eigenvalue weighted by atomic mass is 9.86. The van der Waals surface area contributed by atoms with Crippen molar-refractivity contribution in [2.75, 3.05) is 18.5 Å². The van der Waals surface area contributed by atoms with Gasteiger partial charge >= 0.3 is 12.2 Å². The largest absolute Gasteiger partial charge is 0.448 e. The highest BCUT2D eigenvalue weighted by Gasteiger charge is 2.29. The Hall–Kier alpha value is -2.74. The molecule has 1 aromatic heterocycles. The van der Waals surface area contributed by atoms with Crippen LogP contribution in [0.15, 0.2) is 29.3 Å². The van der Waals surface area contributed by atoms with E-state index in [2.05, 4.69) is 25.7 Å². The third-order valence-corrected chi connectivity index (χ3v) is 10.1. The first kappa shape index (κ1) is 32.2. The number of rotatable bonds is 9. The highest BCUT2D eigenvalue weighted by Crippen LogP contribution is 2.40. The Kier molecular flexibility index (Phi) is 10.5. The minimum Gasteiger partial charge on any atom is -0.448 e. The smallest absolute Gasteiger partial charge is 0.411 e. The van der Waals surface area contributed by atoms with E-state index in [0.29, 0.717) is 11.3 Å². The van der Waals surface area contributed by atoms with Gasteiger partial charge in [-0.1, -0.05) is 6.07 Å². The van der Waals surface area contributed by atoms with E-state index in [-0.39, 0.29) is 41.7 Å². The number of carbonyl (C=O) groups excluding carboxylic acids is 2. The van der Waals surface area contributed by atoms with Crippen molar-refractivity contribution >= 4 is 39.2 Å². The van der Waals surface area contributed by atoms with Crippen LogP contribution in [0.25, 0.3) is 10.4 Å². The molecule has 1 atom stereocenters. The molecule has 4 rings (SSSR count). The van der Waals surface area contributed by atoms with Crippen molar-refractivity contribution in [2.24, 2.45) is 0 Å². The van der Waals surface area contributed by atoms with Gasteiger partial charge in [0.2, 0.25) is 10.0 Å². The molecule has 1 aromatic carbocycles. The molecule has 0 bridgehead atoms. The Morgan fingerprint density at radius 3 is 2.50 bits per heavy atom. The van der Waals surface area contributed by atoms with Crippen LogP contribution in [-0.4, -0.2) is 62.5 Å². The number of anilines is 1. The van der Waals surface area contributed by atoms with Crippen molar-refractivity contribution in [1.29, 1.82) is 0 Å². The highest BCUT2D eigenvalue weighted by atomic mass is 32.2. The average molecular weight is 622 g/mol. The van der Waals surface area contributed by atoms with Gasteiger partial charge in [-0.3, -0.25) is 5.32 Å². The second-order valence-corrected chi connectivity index (χ2v) is 15.0. The van der Waals surface area contributed by atoms with Crippen LogP contribution in [0.4, 0.5) is 15.3 Å². The molecular weight excluding hydrogens is 578 g/mol. The fourth-order valence-corrected chi connectivity index (χ4v) is 8.07. The zero-order valence-electron chi connectivity index (χ0n) is 25.0. The lowest BCUT2D eigenvalue weighted by Crippen LogP contribution is -2.40. The van der Waals surface area contributed by atoms with Gasteiger partial charge in [0.25, 0.3) is 0 Å². The number of nitrogens with zero attached hydrogens (tertiary/aromatic N) is 1. The molecule has 0 spiro atoms. The minimum atomic E-state index is -3.95. The molecule has 11 nitrogen and oxygen atoms in total. The van der Waals surface area contributed by atoms with E-state index in [4.69, 9.17) is 9.47 Å². The number of hydrogen-bond acceptors (Lipinski definition) is 9. The second-order valence-electron chi connectivity index (χ2n) is 12.3. The topological polar surface area (TPSA) is 148 Å². The molecule has 1 saturated heterocycles. The summed E-state index contributed by atoms with van der Waals surface area (Å²) >= 11 is 1.47. The zero-order chi connectivity index (χ0) is 30.5. The van der Waals surface area contributed by atoms with E-state index in [1.54, 1.807) is 39.1 Å². The fourth-order valence-electron chi connectivity index (χ4n) is 5.21. The number of aromatic nitrogens is 1. The van der Waals surface area contributed by atoms with E-state index < -0.39 is 21.7 Å². The molecule has 13 heteroatoms. The SMILES string of the molecule is CC(C)OC(=O)N[C@H]1CC[C@H](c2ncc(-c3ccc(NC(=O)OC[C@@H]4CCCN4)cc3S(=O)(=O)NC(C)(C)C)s2)CC1. The molecule has 2 fully saturated rings. The Morgan fingerprint density at radius 1 is 1.12 bits per heavy atom. The molecule has 2 heterocycles. The monoisotopic (exact) mass is 621 g/mol. The molecule has 1 saturated carbocycles. The number of alkyl carbamates (subject to hydrolysis) is 1. The zero-order valence-corrected chi connectivity index (χ0v) is 26.6. The van der Waals surface area contributed by atoms with Crippen molar-refractivity contribution < 1.29 is 27.5 Å². The minimum absolute atomic E-state index is 0.0551. The molecule has 4 N–H and O–H groups in total. The molecule has 2 aliphatic rings. The van der Waals surface area contributed by atoms with Gasteiger partial charge in [-0.15, -0.1) is 11.3 Å². The van der Waals surface area contributed by atoms with Gasteiger partial charge in [-0.05, 0) is 91.8 Å². The number of hydrogen-bond donors (Lipinski definition) is 4. The van der Waals surface area contributed by atoms with Crippen LogP contribution < -0.4 is 20.7 Å². The second kappa shape index (κ2) is 13.7. The van der Waals surface area contributed by atoms with E-state index in [0.717, 1.165) is 55.0 Å². The summed E-state index contributed by atoms with van der Waals surface area (Å²) in [6.07, 6.45) is 5.87. The van der Waals surface area contributed by atoms with E-state index >= 15 is 0 Å². The standard InChI is InChI=1S/C29H43N5O6S2/c1-18(2)40-28(36)32-20-10-8-19(9-11-20)26-31-16-24(41-26)23-13-12-21(15-25(23)42(37,38)34-29(3,4)5)33-27(35)39-17-22-7-6-14-30-22/h12-13,15-16,18-20,22,30,34H,6-11,14,17H2,1-5H3,(H,32,36)(H,33,35)/t19-,20-,22-/m0/s1. The third-order valence-electron chi connectivity index (χ3n) is 7.07. The molecular formula is C29H43N5O6S2. The van der Waals surface area contributed by atoms with Gasteiger partial charge in [0.15, 0.2) is 0 Å². The summed E-state index contributed by atoms with van der Waals surface area (Å²) in [4.78, 5) is 29.9. The number of nitrogens with one attached hydrogen (secondary N) is 4. The summed E-state index contributed by atoms with van der Waals surface area (Å²) in [5.41, 5.74) is 0.125. The maximum Gasteiger partial charge on any atom is 0.411 e. The van der Waals surface area contributed by atoms with Crippen LogP contribution in [0.3, 0.4) is 0 Å². The van der Waals surface area contributed by atoms with Crippen LogP contribution >= 0.6 is 11.3 Å². The van der Waals surface area contributed by atoms with Gasteiger partial charge < -0.3 is 20.1 Å². The first-order valence-electron chi connectivity index (χ1n) is 14.6. The maximum absolute atomic E-state index is 13.6. The quantitative estimate of drug-likeness (QED) is 0.293. The van der Waals surface area contributed by atoms with Crippen molar-refractivity contribution in [3.05, 3.63) is 29.4 Å². The van der Waals surface area contributed by atoms with Crippen LogP contribution in [0, 0.1) is 0 Å². The van der Waals surface area contributed by atoms with Crippen molar-refractivity contribution in [2.45, 2.75) is 108 Å². The average Bonchev–Trinajstić information content (AvgIpc) is 3.59.